The van der Waals surface area contributed by atoms with Gasteiger partial charge in [0, 0.05) is 30.5 Å². The van der Waals surface area contributed by atoms with Crippen molar-refractivity contribution < 1.29 is 0 Å². The lowest BCUT2D eigenvalue weighted by atomic mass is 10.1. The van der Waals surface area contributed by atoms with Crippen molar-refractivity contribution >= 4 is 11.4 Å². The first-order valence-electron chi connectivity index (χ1n) is 6.91. The van der Waals surface area contributed by atoms with Crippen LogP contribution in [0.2, 0.25) is 0 Å². The molecule has 0 saturated carbocycles. The van der Waals surface area contributed by atoms with Crippen molar-refractivity contribution in [2.24, 2.45) is 5.92 Å². The van der Waals surface area contributed by atoms with E-state index in [2.05, 4.69) is 37.1 Å². The Morgan fingerprint density at radius 2 is 2.22 bits per heavy atom. The zero-order valence-corrected chi connectivity index (χ0v) is 11.7. The molecule has 1 aromatic carbocycles. The number of nitrogens with one attached hydrogen (secondary N) is 1. The maximum atomic E-state index is 5.92. The van der Waals surface area contributed by atoms with Crippen LogP contribution in [0.5, 0.6) is 0 Å². The van der Waals surface area contributed by atoms with E-state index in [-0.39, 0.29) is 0 Å². The van der Waals surface area contributed by atoms with Crippen LogP contribution in [0.3, 0.4) is 0 Å². The molecule has 2 rings (SSSR count). The quantitative estimate of drug-likeness (QED) is 0.804. The van der Waals surface area contributed by atoms with Crippen LogP contribution >= 0.6 is 0 Å². The molecule has 0 spiro atoms. The standard InChI is InChI=1S/C15H25N3/c1-11(2)18-8-7-13(10-18)9-17-15-6-4-5-14(16)12(15)3/h4-6,11,13,17H,7-10,16H2,1-3H3. The van der Waals surface area contributed by atoms with Gasteiger partial charge < -0.3 is 16.0 Å². The van der Waals surface area contributed by atoms with Gasteiger partial charge in [0.2, 0.25) is 0 Å². The van der Waals surface area contributed by atoms with Crippen molar-refractivity contribution in [3.63, 3.8) is 0 Å². The zero-order chi connectivity index (χ0) is 13.1. The number of benzene rings is 1. The third-order valence-corrected chi connectivity index (χ3v) is 4.00. The number of anilines is 2. The number of nitrogens with zero attached hydrogens (tertiary/aromatic N) is 1. The van der Waals surface area contributed by atoms with Crippen LogP contribution in [0.1, 0.15) is 25.8 Å². The van der Waals surface area contributed by atoms with Crippen LogP contribution in [0, 0.1) is 12.8 Å². The summed E-state index contributed by atoms with van der Waals surface area (Å²) in [5.41, 5.74) is 9.13. The summed E-state index contributed by atoms with van der Waals surface area (Å²) in [4.78, 5) is 2.55. The van der Waals surface area contributed by atoms with Crippen LogP contribution in [0.4, 0.5) is 11.4 Å². The Morgan fingerprint density at radius 1 is 1.44 bits per heavy atom. The monoisotopic (exact) mass is 247 g/mol. The van der Waals surface area contributed by atoms with Gasteiger partial charge in [-0.05, 0) is 57.4 Å². The molecule has 0 radical (unpaired) electrons. The van der Waals surface area contributed by atoms with E-state index in [4.69, 9.17) is 5.73 Å². The van der Waals surface area contributed by atoms with E-state index < -0.39 is 0 Å². The first-order chi connectivity index (χ1) is 8.58. The first kappa shape index (κ1) is 13.2. The van der Waals surface area contributed by atoms with Gasteiger partial charge in [-0.2, -0.15) is 0 Å². The number of hydrogen-bond donors (Lipinski definition) is 2. The molecule has 3 heteroatoms. The van der Waals surface area contributed by atoms with Gasteiger partial charge in [0.05, 0.1) is 0 Å². The Morgan fingerprint density at radius 3 is 2.89 bits per heavy atom. The molecule has 3 N–H and O–H groups in total. The Hall–Kier alpha value is -1.22. The van der Waals surface area contributed by atoms with Crippen molar-refractivity contribution in [1.29, 1.82) is 0 Å². The summed E-state index contributed by atoms with van der Waals surface area (Å²) >= 11 is 0. The van der Waals surface area contributed by atoms with E-state index in [1.165, 1.54) is 25.2 Å². The minimum atomic E-state index is 0.670. The number of hydrogen-bond acceptors (Lipinski definition) is 3. The molecule has 1 aromatic rings. The van der Waals surface area contributed by atoms with Crippen LogP contribution < -0.4 is 11.1 Å². The summed E-state index contributed by atoms with van der Waals surface area (Å²) in [7, 11) is 0. The number of likely N-dealkylation sites (tertiary alicyclic amines) is 1. The Kier molecular flexibility index (Phi) is 4.12. The summed E-state index contributed by atoms with van der Waals surface area (Å²) in [6.45, 7) is 10.1. The van der Waals surface area contributed by atoms with Crippen molar-refractivity contribution in [2.75, 3.05) is 30.7 Å². The third kappa shape index (κ3) is 2.96. The molecule has 1 fully saturated rings. The zero-order valence-electron chi connectivity index (χ0n) is 11.7. The van der Waals surface area contributed by atoms with E-state index >= 15 is 0 Å². The average Bonchev–Trinajstić information content (AvgIpc) is 2.80. The normalized spacial score (nSPS) is 20.6. The van der Waals surface area contributed by atoms with Crippen LogP contribution in [-0.2, 0) is 0 Å². The highest BCUT2D eigenvalue weighted by Crippen LogP contribution is 2.23. The highest BCUT2D eigenvalue weighted by Gasteiger charge is 2.23. The first-order valence-corrected chi connectivity index (χ1v) is 6.91. The van der Waals surface area contributed by atoms with Crippen molar-refractivity contribution in [3.8, 4) is 0 Å². The summed E-state index contributed by atoms with van der Waals surface area (Å²) in [6.07, 6.45) is 1.30. The molecule has 1 atom stereocenters. The molecule has 1 aliphatic rings. The predicted octanol–water partition coefficient (Wildman–Crippen LogP) is 2.72. The van der Waals surface area contributed by atoms with Crippen molar-refractivity contribution in [3.05, 3.63) is 23.8 Å². The summed E-state index contributed by atoms with van der Waals surface area (Å²) in [6, 6.07) is 6.75. The molecule has 0 aromatic heterocycles. The van der Waals surface area contributed by atoms with Gasteiger partial charge in [0.25, 0.3) is 0 Å². The minimum absolute atomic E-state index is 0.670. The minimum Gasteiger partial charge on any atom is -0.398 e. The van der Waals surface area contributed by atoms with E-state index in [0.717, 1.165) is 23.7 Å². The highest BCUT2D eigenvalue weighted by molar-refractivity contribution is 5.62. The molecule has 0 aliphatic carbocycles. The van der Waals surface area contributed by atoms with Crippen molar-refractivity contribution in [2.45, 2.75) is 33.2 Å². The molecule has 18 heavy (non-hydrogen) atoms. The highest BCUT2D eigenvalue weighted by atomic mass is 15.2. The Bertz CT molecular complexity index is 401. The number of nitrogen functional groups attached to an aromatic ring is 1. The topological polar surface area (TPSA) is 41.3 Å². The maximum absolute atomic E-state index is 5.92. The van der Waals surface area contributed by atoms with Gasteiger partial charge in [-0.3, -0.25) is 0 Å². The molecule has 0 amide bonds. The smallest absolute Gasteiger partial charge is 0.0390 e. The lowest BCUT2D eigenvalue weighted by Crippen LogP contribution is -2.29. The molecule has 1 unspecified atom stereocenters. The molecular formula is C15H25N3. The lowest BCUT2D eigenvalue weighted by Gasteiger charge is -2.20. The van der Waals surface area contributed by atoms with Crippen LogP contribution in [0.15, 0.2) is 18.2 Å². The summed E-state index contributed by atoms with van der Waals surface area (Å²) in [5.74, 6) is 0.758. The fraction of sp³-hybridized carbons (Fsp3) is 0.600. The fourth-order valence-corrected chi connectivity index (χ4v) is 2.60. The molecule has 1 saturated heterocycles. The lowest BCUT2D eigenvalue weighted by molar-refractivity contribution is 0.266. The summed E-state index contributed by atoms with van der Waals surface area (Å²) < 4.78 is 0. The van der Waals surface area contributed by atoms with Gasteiger partial charge in [0.1, 0.15) is 0 Å². The second-order valence-corrected chi connectivity index (χ2v) is 5.64. The van der Waals surface area contributed by atoms with E-state index in [1.54, 1.807) is 0 Å². The van der Waals surface area contributed by atoms with Gasteiger partial charge >= 0.3 is 0 Å². The number of rotatable bonds is 4. The van der Waals surface area contributed by atoms with Gasteiger partial charge in [-0.1, -0.05) is 6.07 Å². The van der Waals surface area contributed by atoms with Crippen molar-refractivity contribution in [1.82, 2.24) is 4.90 Å². The molecule has 100 valence electrons. The Labute approximate surface area is 110 Å². The van der Waals surface area contributed by atoms with E-state index in [0.29, 0.717) is 6.04 Å². The van der Waals surface area contributed by atoms with Crippen LogP contribution in [-0.4, -0.2) is 30.6 Å². The molecule has 1 heterocycles. The molecule has 1 aliphatic heterocycles. The third-order valence-electron chi connectivity index (χ3n) is 4.00. The van der Waals surface area contributed by atoms with Gasteiger partial charge in [0.15, 0.2) is 0 Å². The largest absolute Gasteiger partial charge is 0.398 e. The van der Waals surface area contributed by atoms with Gasteiger partial charge in [-0.15, -0.1) is 0 Å². The SMILES string of the molecule is Cc1c(N)cccc1NCC1CCN(C(C)C)C1. The number of nitrogens with two attached hydrogens (primary N) is 1. The van der Waals surface area contributed by atoms with Gasteiger partial charge in [-0.25, -0.2) is 0 Å². The fourth-order valence-electron chi connectivity index (χ4n) is 2.60. The molecule has 0 bridgehead atoms. The van der Waals surface area contributed by atoms with E-state index in [1.807, 2.05) is 12.1 Å². The second kappa shape index (κ2) is 5.61. The molecular weight excluding hydrogens is 222 g/mol. The molecule has 3 nitrogen and oxygen atoms in total. The summed E-state index contributed by atoms with van der Waals surface area (Å²) in [5, 5.41) is 3.55. The second-order valence-electron chi connectivity index (χ2n) is 5.64. The average molecular weight is 247 g/mol. The Balaban J connectivity index is 1.87. The predicted molar refractivity (Wildman–Crippen MR) is 78.9 cm³/mol. The van der Waals surface area contributed by atoms with E-state index in [9.17, 15) is 0 Å². The van der Waals surface area contributed by atoms with Crippen LogP contribution in [0.25, 0.3) is 0 Å². The maximum Gasteiger partial charge on any atom is 0.0390 e.